The molecule has 2 aromatic carbocycles. The Morgan fingerprint density at radius 1 is 1.21 bits per heavy atom. The van der Waals surface area contributed by atoms with Crippen LogP contribution in [0.4, 0.5) is 9.18 Å². The molecule has 128 valence electrons. The van der Waals surface area contributed by atoms with E-state index in [1.54, 1.807) is 6.92 Å². The highest BCUT2D eigenvalue weighted by Crippen LogP contribution is 2.25. The van der Waals surface area contributed by atoms with Crippen LogP contribution in [0.5, 0.6) is 5.75 Å². The minimum Gasteiger partial charge on any atom is -0.496 e. The fraction of sp³-hybridized carbons (Fsp3) is 0.278. The van der Waals surface area contributed by atoms with Crippen LogP contribution < -0.4 is 15.4 Å². The van der Waals surface area contributed by atoms with Gasteiger partial charge in [0, 0.05) is 5.56 Å². The minimum absolute atomic E-state index is 0.227. The maximum Gasteiger partial charge on any atom is 0.315 e. The smallest absolute Gasteiger partial charge is 0.315 e. The molecular weight excluding hydrogens is 311 g/mol. The fourth-order valence-electron chi connectivity index (χ4n) is 2.44. The summed E-state index contributed by atoms with van der Waals surface area (Å²) in [6, 6.07) is 11.8. The first-order valence-electron chi connectivity index (χ1n) is 7.61. The number of hydrogen-bond acceptors (Lipinski definition) is 3. The highest BCUT2D eigenvalue weighted by atomic mass is 19.1. The van der Waals surface area contributed by atoms with Crippen molar-refractivity contribution in [3.63, 3.8) is 0 Å². The molecule has 2 unspecified atom stereocenters. The second-order valence-corrected chi connectivity index (χ2v) is 5.37. The van der Waals surface area contributed by atoms with Gasteiger partial charge in [-0.05, 0) is 30.7 Å². The van der Waals surface area contributed by atoms with Gasteiger partial charge >= 0.3 is 6.03 Å². The molecule has 2 rings (SSSR count). The van der Waals surface area contributed by atoms with Crippen molar-refractivity contribution in [3.8, 4) is 5.75 Å². The minimum atomic E-state index is -0.521. The molecule has 0 spiro atoms. The predicted octanol–water partition coefficient (Wildman–Crippen LogP) is 2.93. The maximum atomic E-state index is 13.5. The quantitative estimate of drug-likeness (QED) is 0.762. The molecule has 5 nitrogen and oxygen atoms in total. The van der Waals surface area contributed by atoms with Crippen molar-refractivity contribution in [1.82, 2.24) is 10.6 Å². The van der Waals surface area contributed by atoms with E-state index in [0.29, 0.717) is 11.3 Å². The zero-order chi connectivity index (χ0) is 17.5. The Bertz CT molecular complexity index is 679. The van der Waals surface area contributed by atoms with E-state index >= 15 is 0 Å². The average molecular weight is 332 g/mol. The molecular formula is C18H21FN2O3. The van der Waals surface area contributed by atoms with Crippen LogP contribution in [0.15, 0.2) is 48.5 Å². The van der Waals surface area contributed by atoms with E-state index < -0.39 is 23.9 Å². The molecule has 24 heavy (non-hydrogen) atoms. The van der Waals surface area contributed by atoms with Gasteiger partial charge in [-0.1, -0.05) is 30.3 Å². The van der Waals surface area contributed by atoms with Crippen molar-refractivity contribution >= 4 is 6.03 Å². The molecule has 0 aliphatic heterocycles. The van der Waals surface area contributed by atoms with E-state index in [1.165, 1.54) is 25.3 Å². The monoisotopic (exact) mass is 332 g/mol. The largest absolute Gasteiger partial charge is 0.496 e. The van der Waals surface area contributed by atoms with Gasteiger partial charge in [-0.3, -0.25) is 0 Å². The summed E-state index contributed by atoms with van der Waals surface area (Å²) < 4.78 is 18.6. The lowest BCUT2D eigenvalue weighted by molar-refractivity contribution is 0.214. The molecule has 0 heterocycles. The highest BCUT2D eigenvalue weighted by Gasteiger charge is 2.18. The molecule has 2 atom stereocenters. The number of methoxy groups -OCH3 is 1. The normalized spacial score (nSPS) is 13.0. The molecule has 6 heteroatoms. The third kappa shape index (κ3) is 4.45. The number of nitrogens with one attached hydrogen (secondary N) is 2. The lowest BCUT2D eigenvalue weighted by Gasteiger charge is -2.21. The summed E-state index contributed by atoms with van der Waals surface area (Å²) in [4.78, 5) is 12.2. The summed E-state index contributed by atoms with van der Waals surface area (Å²) >= 11 is 0. The van der Waals surface area contributed by atoms with Crippen molar-refractivity contribution in [2.75, 3.05) is 13.7 Å². The Hall–Kier alpha value is -2.60. The Morgan fingerprint density at radius 2 is 1.92 bits per heavy atom. The number of benzene rings is 2. The van der Waals surface area contributed by atoms with Gasteiger partial charge < -0.3 is 20.5 Å². The van der Waals surface area contributed by atoms with Crippen LogP contribution in [0.25, 0.3) is 0 Å². The Morgan fingerprint density at radius 3 is 2.54 bits per heavy atom. The number of hydrogen-bond donors (Lipinski definition) is 3. The molecule has 2 aromatic rings. The van der Waals surface area contributed by atoms with Gasteiger partial charge in [0.05, 0.1) is 25.8 Å². The SMILES string of the molecule is COc1ccc(F)cc1C(C)NC(=O)NC(CO)c1ccccc1. The summed E-state index contributed by atoms with van der Waals surface area (Å²) in [5.41, 5.74) is 1.33. The zero-order valence-corrected chi connectivity index (χ0v) is 13.6. The number of aliphatic hydroxyl groups excluding tert-OH is 1. The van der Waals surface area contributed by atoms with Gasteiger partial charge in [0.1, 0.15) is 11.6 Å². The van der Waals surface area contributed by atoms with Crippen molar-refractivity contribution < 1.29 is 19.0 Å². The molecule has 0 saturated carbocycles. The predicted molar refractivity (Wildman–Crippen MR) is 89.3 cm³/mol. The number of rotatable bonds is 6. The number of ether oxygens (including phenoxy) is 1. The van der Waals surface area contributed by atoms with E-state index in [0.717, 1.165) is 5.56 Å². The first-order chi connectivity index (χ1) is 11.5. The molecule has 0 fully saturated rings. The molecule has 0 aliphatic carbocycles. The number of halogens is 1. The van der Waals surface area contributed by atoms with Gasteiger partial charge in [0.15, 0.2) is 0 Å². The Kier molecular flexibility index (Phi) is 6.14. The van der Waals surface area contributed by atoms with Crippen LogP contribution in [0.1, 0.15) is 30.1 Å². The summed E-state index contributed by atoms with van der Waals surface area (Å²) in [7, 11) is 1.49. The molecule has 0 radical (unpaired) electrons. The van der Waals surface area contributed by atoms with E-state index in [-0.39, 0.29) is 6.61 Å². The molecule has 0 bridgehead atoms. The molecule has 3 N–H and O–H groups in total. The van der Waals surface area contributed by atoms with Gasteiger partial charge in [-0.25, -0.2) is 9.18 Å². The molecule has 0 saturated heterocycles. The topological polar surface area (TPSA) is 70.6 Å². The van der Waals surface area contributed by atoms with Gasteiger partial charge in [0.25, 0.3) is 0 Å². The van der Waals surface area contributed by atoms with Gasteiger partial charge in [-0.15, -0.1) is 0 Å². The highest BCUT2D eigenvalue weighted by molar-refractivity contribution is 5.75. The van der Waals surface area contributed by atoms with Crippen LogP contribution >= 0.6 is 0 Å². The first kappa shape index (κ1) is 17.7. The number of aliphatic hydroxyl groups is 1. The van der Waals surface area contributed by atoms with Crippen LogP contribution in [0.2, 0.25) is 0 Å². The molecule has 0 aliphatic rings. The summed E-state index contributed by atoms with van der Waals surface area (Å²) in [6.07, 6.45) is 0. The molecule has 2 amide bonds. The lowest BCUT2D eigenvalue weighted by Crippen LogP contribution is -2.40. The third-order valence-corrected chi connectivity index (χ3v) is 3.70. The fourth-order valence-corrected chi connectivity index (χ4v) is 2.44. The molecule has 0 aromatic heterocycles. The van der Waals surface area contributed by atoms with Crippen LogP contribution in [-0.4, -0.2) is 24.9 Å². The number of carbonyl (C=O) groups is 1. The second kappa shape index (κ2) is 8.31. The van der Waals surface area contributed by atoms with E-state index in [9.17, 15) is 14.3 Å². The maximum absolute atomic E-state index is 13.5. The van der Waals surface area contributed by atoms with Crippen LogP contribution in [-0.2, 0) is 0 Å². The lowest BCUT2D eigenvalue weighted by atomic mass is 10.1. The van der Waals surface area contributed by atoms with Gasteiger partial charge in [-0.2, -0.15) is 0 Å². The van der Waals surface area contributed by atoms with E-state index in [2.05, 4.69) is 10.6 Å². The van der Waals surface area contributed by atoms with Crippen molar-refractivity contribution in [3.05, 3.63) is 65.5 Å². The third-order valence-electron chi connectivity index (χ3n) is 3.70. The van der Waals surface area contributed by atoms with E-state index in [1.807, 2.05) is 30.3 Å². The summed E-state index contributed by atoms with van der Waals surface area (Å²) in [5, 5.41) is 14.9. The number of urea groups is 1. The standard InChI is InChI=1S/C18H21FN2O3/c1-12(15-10-14(19)8-9-17(15)24-2)20-18(23)21-16(11-22)13-6-4-3-5-7-13/h3-10,12,16,22H,11H2,1-2H3,(H2,20,21,23). The summed E-state index contributed by atoms with van der Waals surface area (Å²) in [6.45, 7) is 1.50. The first-order valence-corrected chi connectivity index (χ1v) is 7.61. The number of carbonyl (C=O) groups excluding carboxylic acids is 1. The Balaban J connectivity index is 2.05. The summed E-state index contributed by atoms with van der Waals surface area (Å²) in [5.74, 6) is 0.0864. The second-order valence-electron chi connectivity index (χ2n) is 5.37. The average Bonchev–Trinajstić information content (AvgIpc) is 2.60. The zero-order valence-electron chi connectivity index (χ0n) is 13.6. The van der Waals surface area contributed by atoms with Crippen molar-refractivity contribution in [1.29, 1.82) is 0 Å². The van der Waals surface area contributed by atoms with Crippen LogP contribution in [0.3, 0.4) is 0 Å². The Labute approximate surface area is 140 Å². The van der Waals surface area contributed by atoms with Crippen LogP contribution in [0, 0.1) is 5.82 Å². The van der Waals surface area contributed by atoms with Crippen molar-refractivity contribution in [2.24, 2.45) is 0 Å². The number of amides is 2. The van der Waals surface area contributed by atoms with Crippen molar-refractivity contribution in [2.45, 2.75) is 19.0 Å². The van der Waals surface area contributed by atoms with E-state index in [4.69, 9.17) is 4.74 Å². The van der Waals surface area contributed by atoms with Gasteiger partial charge in [0.2, 0.25) is 0 Å².